The number of alkyl halides is 6. The van der Waals surface area contributed by atoms with Crippen molar-refractivity contribution in [2.45, 2.75) is 24.4 Å². The van der Waals surface area contributed by atoms with Crippen LogP contribution in [0.1, 0.15) is 17.5 Å². The fraction of sp³-hybridized carbons (Fsp3) is 0.316. The van der Waals surface area contributed by atoms with E-state index in [9.17, 15) is 35.8 Å². The highest BCUT2D eigenvalue weighted by Gasteiger charge is 2.71. The van der Waals surface area contributed by atoms with E-state index in [0.717, 1.165) is 12.1 Å². The largest absolute Gasteiger partial charge is 0.430 e. The van der Waals surface area contributed by atoms with Gasteiger partial charge in [0, 0.05) is 24.2 Å². The van der Waals surface area contributed by atoms with E-state index in [2.05, 4.69) is 10.5 Å². The van der Waals surface area contributed by atoms with Gasteiger partial charge in [0.1, 0.15) is 12.9 Å². The molecule has 0 saturated carbocycles. The van der Waals surface area contributed by atoms with Crippen LogP contribution >= 0.6 is 0 Å². The highest BCUT2D eigenvalue weighted by Crippen LogP contribution is 2.50. The molecule has 0 heterocycles. The SMILES string of the molecule is CO/N=C(/CCNc1ccc(C(O)(C(F)(F)F)C(F)(F)F)cc1)c1ccc(F)cc1. The van der Waals surface area contributed by atoms with Crippen LogP contribution in [0.15, 0.2) is 53.7 Å². The highest BCUT2D eigenvalue weighted by molar-refractivity contribution is 6.00. The monoisotopic (exact) mass is 438 g/mol. The van der Waals surface area contributed by atoms with Gasteiger partial charge >= 0.3 is 12.4 Å². The Morgan fingerprint density at radius 3 is 1.93 bits per heavy atom. The fourth-order valence-corrected chi connectivity index (χ4v) is 2.64. The van der Waals surface area contributed by atoms with Crippen molar-refractivity contribution in [1.82, 2.24) is 0 Å². The van der Waals surface area contributed by atoms with Crippen molar-refractivity contribution < 1.29 is 40.7 Å². The third-order valence-corrected chi connectivity index (χ3v) is 4.19. The first kappa shape index (κ1) is 23.5. The topological polar surface area (TPSA) is 53.8 Å². The molecule has 2 N–H and O–H groups in total. The zero-order chi connectivity index (χ0) is 22.6. The maximum atomic E-state index is 13.0. The Kier molecular flexibility index (Phi) is 6.96. The number of nitrogens with zero attached hydrogens (tertiary/aromatic N) is 1. The number of nitrogens with one attached hydrogen (secondary N) is 1. The summed E-state index contributed by atoms with van der Waals surface area (Å²) in [6, 6.07) is 8.50. The summed E-state index contributed by atoms with van der Waals surface area (Å²) in [6.07, 6.45) is -11.6. The number of hydrogen-bond acceptors (Lipinski definition) is 4. The number of anilines is 1. The first-order valence-electron chi connectivity index (χ1n) is 8.46. The summed E-state index contributed by atoms with van der Waals surface area (Å²) in [5.74, 6) is -0.439. The van der Waals surface area contributed by atoms with E-state index < -0.39 is 29.3 Å². The first-order chi connectivity index (χ1) is 13.9. The predicted octanol–water partition coefficient (Wildman–Crippen LogP) is 4.99. The molecule has 0 aliphatic heterocycles. The minimum atomic E-state index is -5.94. The van der Waals surface area contributed by atoms with Crippen LogP contribution in [0, 0.1) is 5.82 Å². The maximum absolute atomic E-state index is 13.0. The van der Waals surface area contributed by atoms with E-state index in [4.69, 9.17) is 4.84 Å². The molecule has 30 heavy (non-hydrogen) atoms. The lowest BCUT2D eigenvalue weighted by atomic mass is 9.92. The molecule has 0 radical (unpaired) electrons. The van der Waals surface area contributed by atoms with Gasteiger partial charge in [-0.15, -0.1) is 0 Å². The van der Waals surface area contributed by atoms with Gasteiger partial charge in [-0.3, -0.25) is 0 Å². The summed E-state index contributed by atoms with van der Waals surface area (Å²) in [7, 11) is 1.32. The second-order valence-corrected chi connectivity index (χ2v) is 6.19. The molecule has 0 aromatic heterocycles. The second kappa shape index (κ2) is 8.90. The number of rotatable bonds is 7. The van der Waals surface area contributed by atoms with Crippen molar-refractivity contribution in [3.05, 3.63) is 65.5 Å². The smallest absolute Gasteiger partial charge is 0.399 e. The summed E-state index contributed by atoms with van der Waals surface area (Å²) in [4.78, 5) is 4.73. The number of hydrogen-bond donors (Lipinski definition) is 2. The van der Waals surface area contributed by atoms with Crippen molar-refractivity contribution in [1.29, 1.82) is 0 Å². The number of aliphatic hydroxyl groups is 1. The molecule has 0 atom stereocenters. The number of oxime groups is 1. The Hall–Kier alpha value is -2.82. The van der Waals surface area contributed by atoms with E-state index in [1.165, 1.54) is 31.4 Å². The molecule has 2 rings (SSSR count). The van der Waals surface area contributed by atoms with Gasteiger partial charge in [-0.05, 0) is 29.8 Å². The third-order valence-electron chi connectivity index (χ3n) is 4.19. The Morgan fingerprint density at radius 1 is 0.933 bits per heavy atom. The van der Waals surface area contributed by atoms with E-state index in [1.807, 2.05) is 0 Å². The first-order valence-corrected chi connectivity index (χ1v) is 8.46. The van der Waals surface area contributed by atoms with Crippen molar-refractivity contribution in [2.75, 3.05) is 19.0 Å². The Morgan fingerprint density at radius 2 is 1.47 bits per heavy atom. The quantitative estimate of drug-likeness (QED) is 0.364. The van der Waals surface area contributed by atoms with Gasteiger partial charge < -0.3 is 15.3 Å². The van der Waals surface area contributed by atoms with E-state index in [1.54, 1.807) is 0 Å². The number of halogens is 7. The summed E-state index contributed by atoms with van der Waals surface area (Å²) in [5.41, 5.74) is -5.07. The maximum Gasteiger partial charge on any atom is 0.430 e. The molecule has 4 nitrogen and oxygen atoms in total. The molecule has 0 aliphatic rings. The van der Waals surface area contributed by atoms with Crippen molar-refractivity contribution >= 4 is 11.4 Å². The molecule has 11 heteroatoms. The van der Waals surface area contributed by atoms with Crippen molar-refractivity contribution in [3.8, 4) is 0 Å². The molecule has 0 aliphatic carbocycles. The number of benzene rings is 2. The highest BCUT2D eigenvalue weighted by atomic mass is 19.4. The van der Waals surface area contributed by atoms with Crippen LogP contribution in [0.3, 0.4) is 0 Å². The second-order valence-electron chi connectivity index (χ2n) is 6.19. The van der Waals surface area contributed by atoms with Crippen LogP contribution in [0.2, 0.25) is 0 Å². The zero-order valence-electron chi connectivity index (χ0n) is 15.5. The van der Waals surface area contributed by atoms with Gasteiger partial charge in [0.05, 0.1) is 5.71 Å². The van der Waals surface area contributed by atoms with Crippen LogP contribution in [-0.2, 0) is 10.4 Å². The van der Waals surface area contributed by atoms with Gasteiger partial charge in [0.2, 0.25) is 0 Å². The minimum absolute atomic E-state index is 0.196. The Balaban J connectivity index is 2.10. The molecule has 0 saturated heterocycles. The van der Waals surface area contributed by atoms with E-state index >= 15 is 0 Å². The van der Waals surface area contributed by atoms with Crippen LogP contribution in [0.5, 0.6) is 0 Å². The van der Waals surface area contributed by atoms with Crippen molar-refractivity contribution in [3.63, 3.8) is 0 Å². The molecular formula is C19H17F7N2O2. The van der Waals surface area contributed by atoms with Gasteiger partial charge in [-0.25, -0.2) is 4.39 Å². The lowest BCUT2D eigenvalue weighted by Crippen LogP contribution is -2.53. The Labute approximate surface area is 167 Å². The molecule has 2 aromatic carbocycles. The molecule has 2 aromatic rings. The molecule has 0 spiro atoms. The van der Waals surface area contributed by atoms with Crippen molar-refractivity contribution in [2.24, 2.45) is 5.16 Å². The summed E-state index contributed by atoms with van der Waals surface area (Å²) < 4.78 is 90.4. The van der Waals surface area contributed by atoms with Gasteiger partial charge in [-0.1, -0.05) is 29.4 Å². The fourth-order valence-electron chi connectivity index (χ4n) is 2.64. The zero-order valence-corrected chi connectivity index (χ0v) is 15.5. The lowest BCUT2D eigenvalue weighted by Gasteiger charge is -2.32. The molecule has 0 amide bonds. The molecular weight excluding hydrogens is 421 g/mol. The van der Waals surface area contributed by atoms with Crippen LogP contribution in [-0.4, -0.2) is 36.8 Å². The summed E-state index contributed by atoms with van der Waals surface area (Å²) >= 11 is 0. The average Bonchev–Trinajstić information content (AvgIpc) is 2.66. The molecule has 164 valence electrons. The minimum Gasteiger partial charge on any atom is -0.399 e. The lowest BCUT2D eigenvalue weighted by molar-refractivity contribution is -0.376. The van der Waals surface area contributed by atoms with E-state index in [-0.39, 0.29) is 18.7 Å². The normalized spacial score (nSPS) is 13.3. The summed E-state index contributed by atoms with van der Waals surface area (Å²) in [5, 5.41) is 16.0. The molecule has 0 fully saturated rings. The van der Waals surface area contributed by atoms with Crippen LogP contribution in [0.4, 0.5) is 36.4 Å². The standard InChI is InChI=1S/C19H17F7N2O2/c1-30-28-16(12-2-6-14(20)7-3-12)10-11-27-15-8-4-13(5-9-15)17(29,18(21,22)23)19(24,25)26/h2-9,27,29H,10-11H2,1H3/b28-16-. The summed E-state index contributed by atoms with van der Waals surface area (Å²) in [6.45, 7) is 0.196. The molecule has 0 bridgehead atoms. The van der Waals surface area contributed by atoms with E-state index in [0.29, 0.717) is 23.4 Å². The third kappa shape index (κ3) is 5.02. The molecule has 0 unspecified atom stereocenters. The van der Waals surface area contributed by atoms with Gasteiger partial charge in [0.25, 0.3) is 5.60 Å². The Bertz CT molecular complexity index is 846. The van der Waals surface area contributed by atoms with Gasteiger partial charge in [0.15, 0.2) is 0 Å². The van der Waals surface area contributed by atoms with Crippen LogP contribution < -0.4 is 5.32 Å². The van der Waals surface area contributed by atoms with Crippen LogP contribution in [0.25, 0.3) is 0 Å². The predicted molar refractivity (Wildman–Crippen MR) is 95.5 cm³/mol. The average molecular weight is 438 g/mol. The van der Waals surface area contributed by atoms with Gasteiger partial charge in [-0.2, -0.15) is 26.3 Å².